The van der Waals surface area contributed by atoms with Crippen LogP contribution in [0.1, 0.15) is 32.1 Å². The van der Waals surface area contributed by atoms with E-state index in [1.54, 1.807) is 6.08 Å². The third kappa shape index (κ3) is 3.06. The minimum Gasteiger partial charge on any atom is -0.295 e. The molecule has 0 aromatic carbocycles. The quantitative estimate of drug-likeness (QED) is 0.599. The second kappa shape index (κ2) is 4.55. The summed E-state index contributed by atoms with van der Waals surface area (Å²) in [6.07, 6.45) is 6.69. The Hall–Kier alpha value is -0.300. The van der Waals surface area contributed by atoms with E-state index in [2.05, 4.69) is 0 Å². The van der Waals surface area contributed by atoms with Crippen molar-refractivity contribution < 1.29 is 4.79 Å². The Morgan fingerprint density at radius 1 is 1.45 bits per heavy atom. The van der Waals surface area contributed by atoms with Gasteiger partial charge in [0.2, 0.25) is 0 Å². The summed E-state index contributed by atoms with van der Waals surface area (Å²) in [5, 5.41) is 0. The molecule has 0 bridgehead atoms. The monoisotopic (exact) mass is 172 g/mol. The van der Waals surface area contributed by atoms with Crippen LogP contribution in [0.4, 0.5) is 0 Å². The zero-order valence-corrected chi connectivity index (χ0v) is 7.36. The summed E-state index contributed by atoms with van der Waals surface area (Å²) >= 11 is 5.54. The van der Waals surface area contributed by atoms with Gasteiger partial charge in [0, 0.05) is 12.3 Å². The molecule has 1 aliphatic rings. The van der Waals surface area contributed by atoms with E-state index in [1.165, 1.54) is 5.57 Å². The molecule has 0 N–H and O–H groups in total. The lowest BCUT2D eigenvalue weighted by atomic mass is 9.96. The summed E-state index contributed by atoms with van der Waals surface area (Å²) in [4.78, 5) is 10.9. The summed E-state index contributed by atoms with van der Waals surface area (Å²) in [7, 11) is 0. The molecule has 1 aliphatic carbocycles. The molecule has 0 radical (unpaired) electrons. The molecule has 0 saturated heterocycles. The van der Waals surface area contributed by atoms with Gasteiger partial charge in [0.05, 0.1) is 0 Å². The normalized spacial score (nSPS) is 18.3. The van der Waals surface area contributed by atoms with Crippen LogP contribution in [0.2, 0.25) is 0 Å². The number of ketones is 1. The van der Waals surface area contributed by atoms with Crippen molar-refractivity contribution in [3.63, 3.8) is 0 Å². The molecule has 0 fully saturated rings. The van der Waals surface area contributed by atoms with Gasteiger partial charge in [-0.15, -0.1) is 11.6 Å². The molecule has 0 atom stereocenters. The van der Waals surface area contributed by atoms with Gasteiger partial charge < -0.3 is 0 Å². The van der Waals surface area contributed by atoms with Gasteiger partial charge in [-0.25, -0.2) is 0 Å². The summed E-state index contributed by atoms with van der Waals surface area (Å²) < 4.78 is 0. The number of hydrogen-bond donors (Lipinski definition) is 0. The van der Waals surface area contributed by atoms with Crippen molar-refractivity contribution in [2.75, 3.05) is 5.88 Å². The fourth-order valence-electron chi connectivity index (χ4n) is 1.35. The highest BCUT2D eigenvalue weighted by atomic mass is 35.5. The number of rotatable bonds is 3. The van der Waals surface area contributed by atoms with Crippen molar-refractivity contribution >= 4 is 17.4 Å². The van der Waals surface area contributed by atoms with Crippen molar-refractivity contribution in [1.29, 1.82) is 0 Å². The second-order valence-electron chi connectivity index (χ2n) is 2.91. The first-order chi connectivity index (χ1) is 5.33. The maximum atomic E-state index is 10.9. The van der Waals surface area contributed by atoms with Gasteiger partial charge in [-0.05, 0) is 31.8 Å². The average molecular weight is 173 g/mol. The highest BCUT2D eigenvalue weighted by Crippen LogP contribution is 2.19. The van der Waals surface area contributed by atoms with E-state index in [1.807, 2.05) is 0 Å². The van der Waals surface area contributed by atoms with Gasteiger partial charge in [-0.3, -0.25) is 4.79 Å². The third-order valence-electron chi connectivity index (χ3n) is 1.92. The van der Waals surface area contributed by atoms with Crippen LogP contribution in [0.15, 0.2) is 11.6 Å². The first-order valence-electron chi connectivity index (χ1n) is 4.11. The van der Waals surface area contributed by atoms with Crippen molar-refractivity contribution in [2.24, 2.45) is 0 Å². The van der Waals surface area contributed by atoms with Gasteiger partial charge in [-0.1, -0.05) is 5.57 Å². The van der Waals surface area contributed by atoms with Crippen LogP contribution >= 0.6 is 11.6 Å². The van der Waals surface area contributed by atoms with Crippen LogP contribution in [-0.2, 0) is 4.79 Å². The van der Waals surface area contributed by atoms with Crippen molar-refractivity contribution in [1.82, 2.24) is 0 Å². The number of halogens is 1. The minimum absolute atomic E-state index is 0.292. The van der Waals surface area contributed by atoms with Crippen LogP contribution in [0, 0.1) is 0 Å². The largest absolute Gasteiger partial charge is 0.295 e. The van der Waals surface area contributed by atoms with Gasteiger partial charge in [0.1, 0.15) is 0 Å². The Kier molecular flexibility index (Phi) is 3.64. The summed E-state index contributed by atoms with van der Waals surface area (Å²) in [5.41, 5.74) is 1.29. The van der Waals surface area contributed by atoms with Crippen LogP contribution in [0.5, 0.6) is 0 Å². The first-order valence-corrected chi connectivity index (χ1v) is 4.64. The number of allylic oxidation sites excluding steroid dienone is 2. The average Bonchev–Trinajstić information content (AvgIpc) is 2.01. The molecule has 0 unspecified atom stereocenters. The zero-order chi connectivity index (χ0) is 8.10. The highest BCUT2D eigenvalue weighted by Gasteiger charge is 2.08. The zero-order valence-electron chi connectivity index (χ0n) is 6.61. The lowest BCUT2D eigenvalue weighted by Crippen LogP contribution is -2.02. The lowest BCUT2D eigenvalue weighted by Gasteiger charge is -2.10. The highest BCUT2D eigenvalue weighted by molar-refractivity contribution is 6.17. The molecule has 11 heavy (non-hydrogen) atoms. The van der Waals surface area contributed by atoms with Gasteiger partial charge in [0.15, 0.2) is 5.78 Å². The topological polar surface area (TPSA) is 17.1 Å². The van der Waals surface area contributed by atoms with Crippen molar-refractivity contribution in [2.45, 2.75) is 32.1 Å². The molecule has 1 nitrogen and oxygen atoms in total. The molecule has 2 heteroatoms. The fourth-order valence-corrected chi connectivity index (χ4v) is 1.49. The Bertz CT molecular complexity index is 172. The molecule has 0 aromatic rings. The molecule has 0 spiro atoms. The van der Waals surface area contributed by atoms with E-state index in [0.717, 1.165) is 32.1 Å². The molecule has 0 saturated carbocycles. The number of carbonyl (C=O) groups excluding carboxylic acids is 1. The Morgan fingerprint density at radius 2 is 2.27 bits per heavy atom. The van der Waals surface area contributed by atoms with E-state index < -0.39 is 0 Å². The van der Waals surface area contributed by atoms with Gasteiger partial charge in [0.25, 0.3) is 0 Å². The molecule has 0 heterocycles. The standard InChI is InChI=1S/C9H13ClO/c10-6-2-4-8-3-1-5-9(11)7-8/h7H,1-6H2. The smallest absolute Gasteiger partial charge is 0.155 e. The summed E-state index contributed by atoms with van der Waals surface area (Å²) in [5.74, 6) is 0.992. The predicted molar refractivity (Wildman–Crippen MR) is 46.9 cm³/mol. The van der Waals surface area contributed by atoms with E-state index in [9.17, 15) is 4.79 Å². The molecule has 62 valence electrons. The predicted octanol–water partition coefficient (Wildman–Crippen LogP) is 2.68. The molecule has 0 amide bonds. The van der Waals surface area contributed by atoms with Crippen molar-refractivity contribution in [3.05, 3.63) is 11.6 Å². The van der Waals surface area contributed by atoms with Crippen LogP contribution < -0.4 is 0 Å². The van der Waals surface area contributed by atoms with Crippen molar-refractivity contribution in [3.8, 4) is 0 Å². The molecule has 0 aliphatic heterocycles. The molecular weight excluding hydrogens is 160 g/mol. The lowest BCUT2D eigenvalue weighted by molar-refractivity contribution is -0.115. The number of alkyl halides is 1. The second-order valence-corrected chi connectivity index (χ2v) is 3.29. The van der Waals surface area contributed by atoms with Gasteiger partial charge in [-0.2, -0.15) is 0 Å². The summed E-state index contributed by atoms with van der Waals surface area (Å²) in [6.45, 7) is 0. The van der Waals surface area contributed by atoms with E-state index in [0.29, 0.717) is 11.7 Å². The third-order valence-corrected chi connectivity index (χ3v) is 2.18. The maximum Gasteiger partial charge on any atom is 0.155 e. The Labute approximate surface area is 72.4 Å². The summed E-state index contributed by atoms with van der Waals surface area (Å²) in [6, 6.07) is 0. The fraction of sp³-hybridized carbons (Fsp3) is 0.667. The Balaban J connectivity index is 2.37. The number of carbonyl (C=O) groups is 1. The van der Waals surface area contributed by atoms with Crippen LogP contribution in [-0.4, -0.2) is 11.7 Å². The molecule has 1 rings (SSSR count). The SMILES string of the molecule is O=C1C=C(CCCCl)CCC1. The van der Waals surface area contributed by atoms with Crippen LogP contribution in [0.3, 0.4) is 0 Å². The Morgan fingerprint density at radius 3 is 2.91 bits per heavy atom. The van der Waals surface area contributed by atoms with Crippen LogP contribution in [0.25, 0.3) is 0 Å². The maximum absolute atomic E-state index is 10.9. The van der Waals surface area contributed by atoms with Gasteiger partial charge >= 0.3 is 0 Å². The van der Waals surface area contributed by atoms with E-state index >= 15 is 0 Å². The molecule has 0 aromatic heterocycles. The first kappa shape index (κ1) is 8.79. The number of hydrogen-bond acceptors (Lipinski definition) is 1. The minimum atomic E-state index is 0.292. The molecular formula is C9H13ClO. The van der Waals surface area contributed by atoms with E-state index in [-0.39, 0.29) is 0 Å². The van der Waals surface area contributed by atoms with E-state index in [4.69, 9.17) is 11.6 Å².